The summed E-state index contributed by atoms with van der Waals surface area (Å²) in [5.41, 5.74) is 2.84. The third-order valence-corrected chi connectivity index (χ3v) is 9.70. The lowest BCUT2D eigenvalue weighted by Gasteiger charge is -2.25. The monoisotopic (exact) mass is 756 g/mol. The molecule has 258 valence electrons. The normalized spacial score (nSPS) is 14.4. The van der Waals surface area contributed by atoms with Crippen LogP contribution in [-0.4, -0.2) is 37.5 Å². The van der Waals surface area contributed by atoms with Crippen molar-refractivity contribution in [3.63, 3.8) is 0 Å². The van der Waals surface area contributed by atoms with E-state index in [-0.39, 0.29) is 23.8 Å². The molecule has 0 radical (unpaired) electrons. The number of allylic oxidation sites excluding steroid dienone is 1. The quantitative estimate of drug-likeness (QED) is 0.133. The van der Waals surface area contributed by atoms with Crippen molar-refractivity contribution in [2.24, 2.45) is 4.99 Å². The Morgan fingerprint density at radius 1 is 0.980 bits per heavy atom. The maximum absolute atomic E-state index is 14.2. The van der Waals surface area contributed by atoms with Gasteiger partial charge in [0.1, 0.15) is 6.61 Å². The van der Waals surface area contributed by atoms with E-state index in [0.717, 1.165) is 16.3 Å². The number of benzene rings is 4. The van der Waals surface area contributed by atoms with Crippen LogP contribution in [0.15, 0.2) is 98.3 Å². The van der Waals surface area contributed by atoms with E-state index in [1.165, 1.54) is 11.3 Å². The first kappa shape index (κ1) is 35.0. The number of rotatable bonds is 11. The third-order valence-electron chi connectivity index (χ3n) is 8.13. The minimum atomic E-state index is -0.804. The van der Waals surface area contributed by atoms with Gasteiger partial charge in [-0.05, 0) is 107 Å². The Morgan fingerprint density at radius 3 is 2.46 bits per heavy atom. The molecule has 0 amide bonds. The molecule has 0 spiro atoms. The van der Waals surface area contributed by atoms with Crippen molar-refractivity contribution in [1.29, 1.82) is 0 Å². The van der Waals surface area contributed by atoms with E-state index in [4.69, 9.17) is 28.7 Å². The van der Waals surface area contributed by atoms with Gasteiger partial charge in [-0.15, -0.1) is 0 Å². The number of hydrogen-bond acceptors (Lipinski definition) is 9. The van der Waals surface area contributed by atoms with Crippen LogP contribution in [-0.2, 0) is 16.1 Å². The zero-order valence-electron chi connectivity index (χ0n) is 28.6. The van der Waals surface area contributed by atoms with Crippen LogP contribution in [0.25, 0.3) is 16.8 Å². The highest BCUT2D eigenvalue weighted by atomic mass is 79.9. The Bertz CT molecular complexity index is 2310. The lowest BCUT2D eigenvalue weighted by atomic mass is 9.95. The van der Waals surface area contributed by atoms with Crippen molar-refractivity contribution >= 4 is 50.1 Å². The van der Waals surface area contributed by atoms with Gasteiger partial charge < -0.3 is 23.7 Å². The number of methoxy groups -OCH3 is 2. The SMILES string of the molecule is CCOC(=O)C1=C(C)N=c2s/c(=C\c3cc(Br)c(OCc4ccc5ccccc5c4)c(OC)c3)c(=O)n2[C@H]1c1ccc(OC(C)C)c(OC)c1. The first-order valence-electron chi connectivity index (χ1n) is 16.1. The maximum Gasteiger partial charge on any atom is 0.338 e. The standard InChI is InChI=1S/C39H37BrN2O7S/c1-7-47-38(44)34-23(4)41-39-42(35(34)28-14-15-30(49-22(2)3)31(20-28)45-5)37(43)33(50-39)19-25-17-29(40)36(32(18-25)46-6)48-21-24-12-13-26-10-8-9-11-27(26)16-24/h8-20,22,35H,7,21H2,1-6H3/b33-19-/t35-/m0/s1. The van der Waals surface area contributed by atoms with Crippen LogP contribution in [0.4, 0.5) is 0 Å². The summed E-state index contributed by atoms with van der Waals surface area (Å²) < 4.78 is 31.6. The van der Waals surface area contributed by atoms with E-state index in [1.54, 1.807) is 50.8 Å². The number of aromatic nitrogens is 1. The molecule has 2 heterocycles. The van der Waals surface area contributed by atoms with Gasteiger partial charge >= 0.3 is 5.97 Å². The number of esters is 1. The molecule has 50 heavy (non-hydrogen) atoms. The average Bonchev–Trinajstić information content (AvgIpc) is 3.40. The van der Waals surface area contributed by atoms with E-state index in [1.807, 2.05) is 50.2 Å². The van der Waals surface area contributed by atoms with Crippen LogP contribution in [0.3, 0.4) is 0 Å². The molecule has 1 aromatic heterocycles. The van der Waals surface area contributed by atoms with E-state index in [2.05, 4.69) is 40.2 Å². The summed E-state index contributed by atoms with van der Waals surface area (Å²) in [7, 11) is 3.13. The lowest BCUT2D eigenvalue weighted by Crippen LogP contribution is -2.40. The second kappa shape index (κ2) is 14.9. The first-order valence-corrected chi connectivity index (χ1v) is 17.7. The maximum atomic E-state index is 14.2. The number of hydrogen-bond donors (Lipinski definition) is 0. The highest BCUT2D eigenvalue weighted by Gasteiger charge is 2.34. The molecule has 1 aliphatic rings. The minimum absolute atomic E-state index is 0.0754. The number of carbonyl (C=O) groups is 1. The summed E-state index contributed by atoms with van der Waals surface area (Å²) in [6, 6.07) is 22.7. The summed E-state index contributed by atoms with van der Waals surface area (Å²) in [5, 5.41) is 2.30. The van der Waals surface area contributed by atoms with E-state index < -0.39 is 12.0 Å². The van der Waals surface area contributed by atoms with Crippen molar-refractivity contribution in [2.45, 2.75) is 46.4 Å². The van der Waals surface area contributed by atoms with Gasteiger partial charge in [-0.25, -0.2) is 9.79 Å². The number of fused-ring (bicyclic) bond motifs is 2. The minimum Gasteiger partial charge on any atom is -0.493 e. The fourth-order valence-electron chi connectivity index (χ4n) is 5.91. The van der Waals surface area contributed by atoms with Gasteiger partial charge in [0.2, 0.25) is 0 Å². The van der Waals surface area contributed by atoms with Crippen LogP contribution < -0.4 is 33.8 Å². The number of carbonyl (C=O) groups excluding carboxylic acids is 1. The van der Waals surface area contributed by atoms with Gasteiger partial charge in [0, 0.05) is 0 Å². The summed E-state index contributed by atoms with van der Waals surface area (Å²) in [6.07, 6.45) is 1.71. The van der Waals surface area contributed by atoms with Crippen molar-refractivity contribution < 1.29 is 28.5 Å². The molecular weight excluding hydrogens is 720 g/mol. The lowest BCUT2D eigenvalue weighted by molar-refractivity contribution is -0.139. The van der Waals surface area contributed by atoms with Crippen LogP contribution in [0.1, 0.15) is 50.4 Å². The molecular formula is C39H37BrN2O7S. The van der Waals surface area contributed by atoms with E-state index in [0.29, 0.717) is 60.2 Å². The number of ether oxygens (including phenoxy) is 5. The second-order valence-corrected chi connectivity index (χ2v) is 13.7. The van der Waals surface area contributed by atoms with Crippen molar-refractivity contribution in [3.05, 3.63) is 125 Å². The van der Waals surface area contributed by atoms with Gasteiger partial charge in [0.25, 0.3) is 5.56 Å². The molecule has 0 bridgehead atoms. The fraction of sp³-hybridized carbons (Fsp3) is 0.256. The van der Waals surface area contributed by atoms with Crippen LogP contribution in [0.2, 0.25) is 0 Å². The summed E-state index contributed by atoms with van der Waals surface area (Å²) in [6.45, 7) is 7.87. The smallest absolute Gasteiger partial charge is 0.338 e. The highest BCUT2D eigenvalue weighted by Crippen LogP contribution is 2.38. The molecule has 0 saturated heterocycles. The summed E-state index contributed by atoms with van der Waals surface area (Å²) >= 11 is 4.90. The molecule has 9 nitrogen and oxygen atoms in total. The predicted molar refractivity (Wildman–Crippen MR) is 198 cm³/mol. The Hall–Kier alpha value is -4.87. The Kier molecular flexibility index (Phi) is 10.4. The molecule has 0 aliphatic carbocycles. The first-order chi connectivity index (χ1) is 24.1. The van der Waals surface area contributed by atoms with Gasteiger partial charge in [-0.1, -0.05) is 53.8 Å². The zero-order chi connectivity index (χ0) is 35.5. The van der Waals surface area contributed by atoms with Gasteiger partial charge in [0.05, 0.1) is 53.2 Å². The van der Waals surface area contributed by atoms with Crippen molar-refractivity contribution in [2.75, 3.05) is 20.8 Å². The molecule has 5 aromatic rings. The molecule has 1 atom stereocenters. The van der Waals surface area contributed by atoms with Crippen LogP contribution in [0.5, 0.6) is 23.0 Å². The number of thiazole rings is 1. The van der Waals surface area contributed by atoms with Crippen molar-refractivity contribution in [1.82, 2.24) is 4.57 Å². The average molecular weight is 758 g/mol. The molecule has 0 saturated carbocycles. The summed E-state index contributed by atoms with van der Waals surface area (Å²) in [4.78, 5) is 32.8. The Morgan fingerprint density at radius 2 is 1.74 bits per heavy atom. The van der Waals surface area contributed by atoms with Crippen LogP contribution in [0, 0.1) is 0 Å². The topological polar surface area (TPSA) is 97.6 Å². The molecule has 0 fully saturated rings. The summed E-state index contributed by atoms with van der Waals surface area (Å²) in [5.74, 6) is 1.56. The molecule has 0 unspecified atom stereocenters. The van der Waals surface area contributed by atoms with E-state index in [9.17, 15) is 9.59 Å². The van der Waals surface area contributed by atoms with Crippen LogP contribution >= 0.6 is 27.3 Å². The molecule has 6 rings (SSSR count). The third kappa shape index (κ3) is 7.06. The van der Waals surface area contributed by atoms with Crippen molar-refractivity contribution in [3.8, 4) is 23.0 Å². The Labute approximate surface area is 302 Å². The molecule has 1 aliphatic heterocycles. The number of nitrogens with zero attached hydrogens (tertiary/aromatic N) is 2. The number of halogens is 1. The largest absolute Gasteiger partial charge is 0.493 e. The fourth-order valence-corrected chi connectivity index (χ4v) is 7.53. The van der Waals surface area contributed by atoms with Gasteiger partial charge in [0.15, 0.2) is 27.8 Å². The van der Waals surface area contributed by atoms with Gasteiger partial charge in [-0.3, -0.25) is 9.36 Å². The molecule has 0 N–H and O–H groups in total. The Balaban J connectivity index is 1.39. The predicted octanol–water partition coefficient (Wildman–Crippen LogP) is 7.10. The molecule has 4 aromatic carbocycles. The van der Waals surface area contributed by atoms with E-state index >= 15 is 0 Å². The van der Waals surface area contributed by atoms with Gasteiger partial charge in [-0.2, -0.15) is 0 Å². The second-order valence-electron chi connectivity index (χ2n) is 11.9. The zero-order valence-corrected chi connectivity index (χ0v) is 31.0. The highest BCUT2D eigenvalue weighted by molar-refractivity contribution is 9.10. The molecule has 11 heteroatoms.